The average Bonchev–Trinajstić information content (AvgIpc) is 2.74. The van der Waals surface area contributed by atoms with Crippen molar-refractivity contribution in [1.29, 1.82) is 0 Å². The van der Waals surface area contributed by atoms with E-state index in [2.05, 4.69) is 0 Å². The van der Waals surface area contributed by atoms with Crippen LogP contribution < -0.4 is 5.43 Å². The number of ether oxygens (including phenoxy) is 1. The summed E-state index contributed by atoms with van der Waals surface area (Å²) in [6, 6.07) is 6.00. The van der Waals surface area contributed by atoms with E-state index in [1.54, 1.807) is 0 Å². The highest BCUT2D eigenvalue weighted by molar-refractivity contribution is 5.88. The molecule has 10 heteroatoms. The fourth-order valence-corrected chi connectivity index (χ4v) is 3.99. The van der Waals surface area contributed by atoms with Crippen molar-refractivity contribution in [2.75, 3.05) is 6.61 Å². The molecule has 0 bridgehead atoms. The fourth-order valence-electron chi connectivity index (χ4n) is 3.99. The summed E-state index contributed by atoms with van der Waals surface area (Å²) >= 11 is 0. The molecular weight excluding hydrogens is 424 g/mol. The average molecular weight is 446 g/mol. The summed E-state index contributed by atoms with van der Waals surface area (Å²) in [4.78, 5) is 12.8. The lowest BCUT2D eigenvalue weighted by Crippen LogP contribution is -2.51. The molecule has 3 aromatic rings. The molecule has 1 saturated heterocycles. The Kier molecular flexibility index (Phi) is 5.47. The summed E-state index contributed by atoms with van der Waals surface area (Å²) in [5, 5.41) is 70.2. The standard InChI is InChI=1S/C22H22O10/c1-8-19(28)20(29)16(7-23)32-22(8)18-13(27)6-15-17(21(18)30)12(26)5-14(31-15)9-2-3-10(24)11(25)4-9/h2-6,8,16,19-20,22-25,27-30H,7H2,1H3. The molecule has 32 heavy (non-hydrogen) atoms. The molecular formula is C22H22O10. The summed E-state index contributed by atoms with van der Waals surface area (Å²) < 4.78 is 11.3. The molecule has 1 fully saturated rings. The van der Waals surface area contributed by atoms with Crippen LogP contribution in [0.15, 0.2) is 39.5 Å². The van der Waals surface area contributed by atoms with Crippen LogP contribution in [0.5, 0.6) is 23.0 Å². The fraction of sp³-hybridized carbons (Fsp3) is 0.318. The van der Waals surface area contributed by atoms with Gasteiger partial charge < -0.3 is 44.9 Å². The normalized spacial score (nSPS) is 25.8. The van der Waals surface area contributed by atoms with Crippen LogP contribution in [0.3, 0.4) is 0 Å². The van der Waals surface area contributed by atoms with E-state index in [0.29, 0.717) is 0 Å². The van der Waals surface area contributed by atoms with Crippen molar-refractivity contribution < 1.29 is 44.9 Å². The number of benzene rings is 2. The lowest BCUT2D eigenvalue weighted by molar-refractivity contribution is -0.208. The molecule has 4 rings (SSSR count). The molecule has 2 heterocycles. The summed E-state index contributed by atoms with van der Waals surface area (Å²) in [5.41, 5.74) is -0.719. The number of fused-ring (bicyclic) bond motifs is 1. The summed E-state index contributed by atoms with van der Waals surface area (Å²) in [6.45, 7) is 0.916. The zero-order valence-electron chi connectivity index (χ0n) is 16.8. The van der Waals surface area contributed by atoms with Crippen LogP contribution in [0.1, 0.15) is 18.6 Å². The Hall–Kier alpha value is -3.31. The molecule has 2 aromatic carbocycles. The lowest BCUT2D eigenvalue weighted by Gasteiger charge is -2.41. The first-order chi connectivity index (χ1) is 15.1. The molecule has 5 atom stereocenters. The first-order valence-corrected chi connectivity index (χ1v) is 9.81. The Morgan fingerprint density at radius 1 is 0.938 bits per heavy atom. The van der Waals surface area contributed by atoms with Gasteiger partial charge in [-0.05, 0) is 18.2 Å². The monoisotopic (exact) mass is 446 g/mol. The van der Waals surface area contributed by atoms with Gasteiger partial charge in [0.2, 0.25) is 0 Å². The first-order valence-electron chi connectivity index (χ1n) is 9.81. The number of phenolic OH excluding ortho intramolecular Hbond substituents is 4. The third kappa shape index (κ3) is 3.43. The highest BCUT2D eigenvalue weighted by Crippen LogP contribution is 2.46. The third-order valence-corrected chi connectivity index (χ3v) is 5.80. The molecule has 0 amide bonds. The number of aliphatic hydroxyl groups excluding tert-OH is 3. The van der Waals surface area contributed by atoms with E-state index in [-0.39, 0.29) is 33.6 Å². The Balaban J connectivity index is 1.86. The molecule has 5 unspecified atom stereocenters. The third-order valence-electron chi connectivity index (χ3n) is 5.80. The number of hydrogen-bond donors (Lipinski definition) is 7. The van der Waals surface area contributed by atoms with Gasteiger partial charge in [-0.3, -0.25) is 4.79 Å². The largest absolute Gasteiger partial charge is 0.507 e. The van der Waals surface area contributed by atoms with Crippen molar-refractivity contribution in [2.45, 2.75) is 31.3 Å². The van der Waals surface area contributed by atoms with Gasteiger partial charge in [-0.25, -0.2) is 0 Å². The van der Waals surface area contributed by atoms with Crippen LogP contribution in [0.25, 0.3) is 22.3 Å². The van der Waals surface area contributed by atoms with Crippen LogP contribution in [0, 0.1) is 5.92 Å². The number of hydrogen-bond acceptors (Lipinski definition) is 10. The minimum atomic E-state index is -1.37. The number of phenols is 4. The Bertz CT molecular complexity index is 1230. The molecule has 0 saturated carbocycles. The zero-order valence-corrected chi connectivity index (χ0v) is 16.8. The van der Waals surface area contributed by atoms with Crippen molar-refractivity contribution in [2.24, 2.45) is 5.92 Å². The topological polar surface area (TPSA) is 181 Å². The predicted molar refractivity (Wildman–Crippen MR) is 110 cm³/mol. The second kappa shape index (κ2) is 7.99. The minimum absolute atomic E-state index is 0.0190. The van der Waals surface area contributed by atoms with Gasteiger partial charge in [0.1, 0.15) is 40.4 Å². The number of aliphatic hydroxyl groups is 3. The molecule has 1 aromatic heterocycles. The predicted octanol–water partition coefficient (Wildman–Crippen LogP) is 1.07. The van der Waals surface area contributed by atoms with E-state index < -0.39 is 59.6 Å². The Morgan fingerprint density at radius 2 is 1.66 bits per heavy atom. The molecule has 0 spiro atoms. The highest BCUT2D eigenvalue weighted by Gasteiger charge is 2.44. The minimum Gasteiger partial charge on any atom is -0.507 e. The quantitative estimate of drug-likeness (QED) is 0.288. The van der Waals surface area contributed by atoms with Crippen LogP contribution >= 0.6 is 0 Å². The lowest BCUT2D eigenvalue weighted by atomic mass is 9.84. The van der Waals surface area contributed by atoms with Crippen LogP contribution in [-0.2, 0) is 4.74 Å². The van der Waals surface area contributed by atoms with Gasteiger partial charge in [0.05, 0.1) is 24.4 Å². The highest BCUT2D eigenvalue weighted by atomic mass is 16.5. The maximum Gasteiger partial charge on any atom is 0.197 e. The smallest absolute Gasteiger partial charge is 0.197 e. The first kappa shape index (κ1) is 21.9. The maximum absolute atomic E-state index is 12.8. The molecule has 0 radical (unpaired) electrons. The van der Waals surface area contributed by atoms with Gasteiger partial charge in [0.15, 0.2) is 16.9 Å². The van der Waals surface area contributed by atoms with Gasteiger partial charge in [-0.2, -0.15) is 0 Å². The van der Waals surface area contributed by atoms with E-state index in [1.165, 1.54) is 25.1 Å². The van der Waals surface area contributed by atoms with E-state index in [1.807, 2.05) is 0 Å². The summed E-state index contributed by atoms with van der Waals surface area (Å²) in [6.07, 6.45) is -4.99. The van der Waals surface area contributed by atoms with Gasteiger partial charge in [-0.1, -0.05) is 6.92 Å². The van der Waals surface area contributed by atoms with Gasteiger partial charge in [0, 0.05) is 23.6 Å². The molecule has 0 aliphatic carbocycles. The van der Waals surface area contributed by atoms with Crippen molar-refractivity contribution in [3.05, 3.63) is 46.1 Å². The molecule has 7 N–H and O–H groups in total. The summed E-state index contributed by atoms with van der Waals surface area (Å²) in [7, 11) is 0. The van der Waals surface area contributed by atoms with Crippen molar-refractivity contribution in [3.63, 3.8) is 0 Å². The van der Waals surface area contributed by atoms with E-state index in [0.717, 1.165) is 12.1 Å². The second-order valence-electron chi connectivity index (χ2n) is 7.83. The van der Waals surface area contributed by atoms with Gasteiger partial charge in [0.25, 0.3) is 0 Å². The number of aromatic hydroxyl groups is 4. The SMILES string of the molecule is CC1C(c2c(O)cc3oc(-c4ccc(O)c(O)c4)cc(=O)c3c2O)OC(CO)C(O)C1O. The van der Waals surface area contributed by atoms with Crippen molar-refractivity contribution >= 4 is 11.0 Å². The zero-order chi connectivity index (χ0) is 23.3. The van der Waals surface area contributed by atoms with Gasteiger partial charge >= 0.3 is 0 Å². The molecule has 170 valence electrons. The van der Waals surface area contributed by atoms with Crippen molar-refractivity contribution in [3.8, 4) is 34.3 Å². The van der Waals surface area contributed by atoms with Crippen LogP contribution in [0.2, 0.25) is 0 Å². The summed E-state index contributed by atoms with van der Waals surface area (Å²) in [5.74, 6) is -2.66. The van der Waals surface area contributed by atoms with Crippen LogP contribution in [0.4, 0.5) is 0 Å². The van der Waals surface area contributed by atoms with E-state index in [4.69, 9.17) is 9.15 Å². The molecule has 10 nitrogen and oxygen atoms in total. The van der Waals surface area contributed by atoms with Crippen molar-refractivity contribution in [1.82, 2.24) is 0 Å². The Labute approximate surface area is 180 Å². The molecule has 1 aliphatic heterocycles. The number of rotatable bonds is 3. The van der Waals surface area contributed by atoms with Crippen LogP contribution in [-0.4, -0.2) is 60.7 Å². The second-order valence-corrected chi connectivity index (χ2v) is 7.83. The molecule has 1 aliphatic rings. The Morgan fingerprint density at radius 3 is 2.31 bits per heavy atom. The maximum atomic E-state index is 12.8. The van der Waals surface area contributed by atoms with Gasteiger partial charge in [-0.15, -0.1) is 0 Å². The van der Waals surface area contributed by atoms with E-state index in [9.17, 15) is 40.5 Å². The van der Waals surface area contributed by atoms with E-state index >= 15 is 0 Å².